The standard InChI is InChI=1S/C17H17N3O3/c1-2-23-15-10-8-13(9-11-15)12-18-20-17(22)16(21)19-14-6-4-3-5-7-14/h3-12H,2H2,1H3,(H,19,21)(H,20,22)/b18-12-. The first-order valence-electron chi connectivity index (χ1n) is 7.11. The van der Waals surface area contributed by atoms with E-state index in [1.54, 1.807) is 48.5 Å². The molecule has 2 rings (SSSR count). The average Bonchev–Trinajstić information content (AvgIpc) is 2.57. The van der Waals surface area contributed by atoms with Gasteiger partial charge in [0.1, 0.15) is 5.75 Å². The second-order valence-electron chi connectivity index (χ2n) is 4.52. The third kappa shape index (κ3) is 5.28. The molecule has 2 amide bonds. The number of ether oxygens (including phenoxy) is 1. The lowest BCUT2D eigenvalue weighted by molar-refractivity contribution is -0.136. The fourth-order valence-electron chi connectivity index (χ4n) is 1.74. The zero-order valence-corrected chi connectivity index (χ0v) is 12.7. The summed E-state index contributed by atoms with van der Waals surface area (Å²) in [5, 5.41) is 6.22. The maximum atomic E-state index is 11.7. The number of carbonyl (C=O) groups excluding carboxylic acids is 2. The number of hydrazone groups is 1. The van der Waals surface area contributed by atoms with Crippen molar-refractivity contribution in [3.05, 3.63) is 60.2 Å². The van der Waals surface area contributed by atoms with E-state index in [1.807, 2.05) is 13.0 Å². The lowest BCUT2D eigenvalue weighted by atomic mass is 10.2. The van der Waals surface area contributed by atoms with Crippen LogP contribution in [0.4, 0.5) is 5.69 Å². The molecule has 0 aliphatic carbocycles. The summed E-state index contributed by atoms with van der Waals surface area (Å²) in [6, 6.07) is 15.9. The van der Waals surface area contributed by atoms with Crippen molar-refractivity contribution in [2.45, 2.75) is 6.92 Å². The van der Waals surface area contributed by atoms with Gasteiger partial charge in [0.15, 0.2) is 0 Å². The van der Waals surface area contributed by atoms with Gasteiger partial charge in [-0.05, 0) is 48.9 Å². The molecule has 118 valence electrons. The normalized spacial score (nSPS) is 10.3. The van der Waals surface area contributed by atoms with Gasteiger partial charge < -0.3 is 10.1 Å². The van der Waals surface area contributed by atoms with Crippen molar-refractivity contribution >= 4 is 23.7 Å². The van der Waals surface area contributed by atoms with Crippen LogP contribution in [0.2, 0.25) is 0 Å². The van der Waals surface area contributed by atoms with Crippen LogP contribution in [0.15, 0.2) is 59.7 Å². The number of hydrogen-bond acceptors (Lipinski definition) is 4. The Kier molecular flexibility index (Phi) is 5.88. The fraction of sp³-hybridized carbons (Fsp3) is 0.118. The highest BCUT2D eigenvalue weighted by Gasteiger charge is 2.12. The Hall–Kier alpha value is -3.15. The number of anilines is 1. The van der Waals surface area contributed by atoms with E-state index in [0.717, 1.165) is 11.3 Å². The Bertz CT molecular complexity index is 682. The van der Waals surface area contributed by atoms with Crippen LogP contribution in [0.25, 0.3) is 0 Å². The van der Waals surface area contributed by atoms with E-state index in [1.165, 1.54) is 6.21 Å². The molecule has 0 saturated heterocycles. The molecule has 0 aliphatic heterocycles. The maximum absolute atomic E-state index is 11.7. The van der Waals surface area contributed by atoms with E-state index in [0.29, 0.717) is 12.3 Å². The van der Waals surface area contributed by atoms with Crippen molar-refractivity contribution in [1.29, 1.82) is 0 Å². The molecule has 0 radical (unpaired) electrons. The summed E-state index contributed by atoms with van der Waals surface area (Å²) in [5.41, 5.74) is 3.50. The molecule has 0 unspecified atom stereocenters. The molecule has 6 heteroatoms. The first kappa shape index (κ1) is 16.2. The SMILES string of the molecule is CCOc1ccc(/C=N\NC(=O)C(=O)Nc2ccccc2)cc1. The van der Waals surface area contributed by atoms with Gasteiger partial charge in [-0.15, -0.1) is 0 Å². The molecule has 2 N–H and O–H groups in total. The minimum atomic E-state index is -0.837. The monoisotopic (exact) mass is 311 g/mol. The van der Waals surface area contributed by atoms with E-state index in [4.69, 9.17) is 4.74 Å². The summed E-state index contributed by atoms with van der Waals surface area (Å²) in [5.74, 6) is -0.855. The van der Waals surface area contributed by atoms with Gasteiger partial charge in [-0.3, -0.25) is 9.59 Å². The fourth-order valence-corrected chi connectivity index (χ4v) is 1.74. The van der Waals surface area contributed by atoms with Crippen molar-refractivity contribution in [2.75, 3.05) is 11.9 Å². The molecule has 0 fully saturated rings. The number of benzene rings is 2. The molecule has 0 atom stereocenters. The number of rotatable bonds is 5. The Morgan fingerprint density at radius 3 is 2.39 bits per heavy atom. The highest BCUT2D eigenvalue weighted by atomic mass is 16.5. The molecule has 0 spiro atoms. The molecular weight excluding hydrogens is 294 g/mol. The molecular formula is C17H17N3O3. The molecule has 0 heterocycles. The van der Waals surface area contributed by atoms with Crippen LogP contribution < -0.4 is 15.5 Å². The summed E-state index contributed by atoms with van der Waals surface area (Å²) in [6.45, 7) is 2.51. The molecule has 0 aromatic heterocycles. The zero-order chi connectivity index (χ0) is 16.5. The van der Waals surface area contributed by atoms with Gasteiger partial charge in [0.2, 0.25) is 0 Å². The number of hydrogen-bond donors (Lipinski definition) is 2. The quantitative estimate of drug-likeness (QED) is 0.504. The predicted octanol–water partition coefficient (Wildman–Crippen LogP) is 2.17. The third-order valence-corrected chi connectivity index (χ3v) is 2.81. The van der Waals surface area contributed by atoms with E-state index in [-0.39, 0.29) is 0 Å². The first-order chi connectivity index (χ1) is 11.2. The summed E-state index contributed by atoms with van der Waals surface area (Å²) in [7, 11) is 0. The average molecular weight is 311 g/mol. The van der Waals surface area contributed by atoms with E-state index in [2.05, 4.69) is 15.8 Å². The largest absolute Gasteiger partial charge is 0.494 e. The van der Waals surface area contributed by atoms with Crippen molar-refractivity contribution in [3.63, 3.8) is 0 Å². The summed E-state index contributed by atoms with van der Waals surface area (Å²) in [6.07, 6.45) is 1.45. The molecule has 0 saturated carbocycles. The van der Waals surface area contributed by atoms with Crippen LogP contribution >= 0.6 is 0 Å². The lowest BCUT2D eigenvalue weighted by Gasteiger charge is -2.03. The highest BCUT2D eigenvalue weighted by Crippen LogP contribution is 2.10. The van der Waals surface area contributed by atoms with E-state index < -0.39 is 11.8 Å². The minimum absolute atomic E-state index is 0.545. The number of nitrogens with zero attached hydrogens (tertiary/aromatic N) is 1. The Morgan fingerprint density at radius 1 is 1.04 bits per heavy atom. The smallest absolute Gasteiger partial charge is 0.329 e. The number of carbonyl (C=O) groups is 2. The van der Waals surface area contributed by atoms with Gasteiger partial charge in [-0.1, -0.05) is 18.2 Å². The van der Waals surface area contributed by atoms with Gasteiger partial charge in [0.05, 0.1) is 12.8 Å². The molecule has 23 heavy (non-hydrogen) atoms. The van der Waals surface area contributed by atoms with Crippen molar-refractivity contribution in [1.82, 2.24) is 5.43 Å². The third-order valence-electron chi connectivity index (χ3n) is 2.81. The summed E-state index contributed by atoms with van der Waals surface area (Å²) >= 11 is 0. The second kappa shape index (κ2) is 8.33. The topological polar surface area (TPSA) is 79.8 Å². The molecule has 0 bridgehead atoms. The van der Waals surface area contributed by atoms with Crippen LogP contribution in [0, 0.1) is 0 Å². The number of para-hydroxylation sites is 1. The first-order valence-corrected chi connectivity index (χ1v) is 7.11. The van der Waals surface area contributed by atoms with Gasteiger partial charge in [0.25, 0.3) is 0 Å². The predicted molar refractivity (Wildman–Crippen MR) is 88.4 cm³/mol. The summed E-state index contributed by atoms with van der Waals surface area (Å²) in [4.78, 5) is 23.3. The molecule has 0 aliphatic rings. The lowest BCUT2D eigenvalue weighted by Crippen LogP contribution is -2.32. The van der Waals surface area contributed by atoms with Crippen LogP contribution in [-0.2, 0) is 9.59 Å². The van der Waals surface area contributed by atoms with E-state index in [9.17, 15) is 9.59 Å². The number of amides is 2. The second-order valence-corrected chi connectivity index (χ2v) is 4.52. The van der Waals surface area contributed by atoms with E-state index >= 15 is 0 Å². The molecule has 2 aromatic carbocycles. The van der Waals surface area contributed by atoms with Crippen molar-refractivity contribution < 1.29 is 14.3 Å². The maximum Gasteiger partial charge on any atom is 0.329 e. The summed E-state index contributed by atoms with van der Waals surface area (Å²) < 4.78 is 5.32. The molecule has 6 nitrogen and oxygen atoms in total. The van der Waals surface area contributed by atoms with Crippen LogP contribution in [0.3, 0.4) is 0 Å². The molecule has 2 aromatic rings. The van der Waals surface area contributed by atoms with Gasteiger partial charge in [-0.25, -0.2) is 5.43 Å². The Morgan fingerprint density at radius 2 is 1.74 bits per heavy atom. The Labute approximate surface area is 134 Å². The van der Waals surface area contributed by atoms with Crippen LogP contribution in [0.1, 0.15) is 12.5 Å². The van der Waals surface area contributed by atoms with Crippen molar-refractivity contribution in [2.24, 2.45) is 5.10 Å². The number of nitrogens with one attached hydrogen (secondary N) is 2. The Balaban J connectivity index is 1.84. The zero-order valence-electron chi connectivity index (χ0n) is 12.7. The highest BCUT2D eigenvalue weighted by molar-refractivity contribution is 6.39. The van der Waals surface area contributed by atoms with Crippen LogP contribution in [-0.4, -0.2) is 24.6 Å². The van der Waals surface area contributed by atoms with Gasteiger partial charge >= 0.3 is 11.8 Å². The van der Waals surface area contributed by atoms with Crippen molar-refractivity contribution in [3.8, 4) is 5.75 Å². The van der Waals surface area contributed by atoms with Crippen LogP contribution in [0.5, 0.6) is 5.75 Å². The minimum Gasteiger partial charge on any atom is -0.494 e. The van der Waals surface area contributed by atoms with Gasteiger partial charge in [-0.2, -0.15) is 5.10 Å². The van der Waals surface area contributed by atoms with Gasteiger partial charge in [0, 0.05) is 5.69 Å².